The molecule has 0 aromatic carbocycles. The van der Waals surface area contributed by atoms with Crippen molar-refractivity contribution in [2.75, 3.05) is 0 Å². The molecule has 0 aromatic rings. The molecule has 0 amide bonds. The molecule has 0 rings (SSSR count). The maximum absolute atomic E-state index is 4.39. The molecule has 0 atom stereocenters. The number of hydrogen-bond acceptors (Lipinski definition) is 2. The first kappa shape index (κ1) is 12.6. The first-order valence-corrected chi connectivity index (χ1v) is 5.06. The summed E-state index contributed by atoms with van der Waals surface area (Å²) < 4.78 is 0. The number of hydrogen-bond donors (Lipinski definition) is 0. The van der Waals surface area contributed by atoms with Gasteiger partial charge >= 0.3 is 0 Å². The first-order valence-electron chi connectivity index (χ1n) is 5.06. The van der Waals surface area contributed by atoms with E-state index in [4.69, 9.17) is 0 Å². The molecule has 0 aliphatic rings. The van der Waals surface area contributed by atoms with E-state index in [9.17, 15) is 0 Å². The lowest BCUT2D eigenvalue weighted by Gasteiger charge is -2.22. The second-order valence-corrected chi connectivity index (χ2v) is 5.78. The van der Waals surface area contributed by atoms with Crippen LogP contribution in [-0.4, -0.2) is 11.1 Å². The molecule has 2 heteroatoms. The van der Waals surface area contributed by atoms with Gasteiger partial charge in [-0.3, -0.25) is 0 Å². The third-order valence-electron chi connectivity index (χ3n) is 1.53. The van der Waals surface area contributed by atoms with Gasteiger partial charge in [-0.1, -0.05) is 13.8 Å². The van der Waals surface area contributed by atoms with Crippen LogP contribution in [-0.2, 0) is 0 Å². The van der Waals surface area contributed by atoms with Gasteiger partial charge in [0.2, 0.25) is 0 Å². The van der Waals surface area contributed by atoms with E-state index in [0.29, 0.717) is 5.92 Å². The van der Waals surface area contributed by atoms with Crippen LogP contribution < -0.4 is 0 Å². The van der Waals surface area contributed by atoms with Gasteiger partial charge in [0.15, 0.2) is 0 Å². The Morgan fingerprint density at radius 3 is 1.69 bits per heavy atom. The highest BCUT2D eigenvalue weighted by Crippen LogP contribution is 2.22. The highest BCUT2D eigenvalue weighted by molar-refractivity contribution is 4.79. The predicted octanol–water partition coefficient (Wildman–Crippen LogP) is 4.06. The second kappa shape index (κ2) is 4.21. The Labute approximate surface area is 82.8 Å². The van der Waals surface area contributed by atoms with Gasteiger partial charge in [-0.05, 0) is 47.0 Å². The summed E-state index contributed by atoms with van der Waals surface area (Å²) in [7, 11) is 0. The standard InChI is InChI=1S/C11H24N2/c1-9(2)8-11(6,7)13-12-10(3,4)5/h9H,8H2,1-7H3. The average Bonchev–Trinajstić information content (AvgIpc) is 1.79. The normalized spacial score (nSPS) is 14.5. The monoisotopic (exact) mass is 184 g/mol. The molecule has 0 heterocycles. The fourth-order valence-electron chi connectivity index (χ4n) is 1.33. The molecular weight excluding hydrogens is 160 g/mol. The van der Waals surface area contributed by atoms with Crippen molar-refractivity contribution < 1.29 is 0 Å². The van der Waals surface area contributed by atoms with Crippen molar-refractivity contribution in [1.29, 1.82) is 0 Å². The zero-order valence-corrected chi connectivity index (χ0v) is 10.2. The van der Waals surface area contributed by atoms with Crippen molar-refractivity contribution in [3.8, 4) is 0 Å². The molecule has 0 radical (unpaired) electrons. The first-order chi connectivity index (χ1) is 5.62. The molecule has 0 bridgehead atoms. The third kappa shape index (κ3) is 7.94. The molecule has 0 aromatic heterocycles. The van der Waals surface area contributed by atoms with Crippen molar-refractivity contribution in [3.05, 3.63) is 0 Å². The average molecular weight is 184 g/mol. The Morgan fingerprint density at radius 2 is 1.38 bits per heavy atom. The minimum Gasteiger partial charge on any atom is -0.188 e. The molecule has 0 N–H and O–H groups in total. The van der Waals surface area contributed by atoms with Crippen molar-refractivity contribution >= 4 is 0 Å². The Morgan fingerprint density at radius 1 is 0.923 bits per heavy atom. The molecule has 0 spiro atoms. The highest BCUT2D eigenvalue weighted by atomic mass is 15.2. The van der Waals surface area contributed by atoms with Crippen molar-refractivity contribution in [1.82, 2.24) is 0 Å². The molecule has 0 fully saturated rings. The zero-order chi connectivity index (χ0) is 10.7. The molecule has 0 saturated carbocycles. The fourth-order valence-corrected chi connectivity index (χ4v) is 1.33. The van der Waals surface area contributed by atoms with E-state index in [-0.39, 0.29) is 11.1 Å². The lowest BCUT2D eigenvalue weighted by atomic mass is 9.94. The van der Waals surface area contributed by atoms with Crippen molar-refractivity contribution in [3.63, 3.8) is 0 Å². The SMILES string of the molecule is CC(C)CC(C)(C)N=NC(C)(C)C. The molecule has 2 nitrogen and oxygen atoms in total. The van der Waals surface area contributed by atoms with Crippen molar-refractivity contribution in [2.45, 2.75) is 66.0 Å². The van der Waals surface area contributed by atoms with E-state index in [1.54, 1.807) is 0 Å². The largest absolute Gasteiger partial charge is 0.188 e. The maximum atomic E-state index is 4.39. The van der Waals surface area contributed by atoms with Crippen LogP contribution in [0.2, 0.25) is 0 Å². The Hall–Kier alpha value is -0.400. The minimum atomic E-state index is -0.0474. The molecule has 0 unspecified atom stereocenters. The van der Waals surface area contributed by atoms with E-state index in [1.165, 1.54) is 0 Å². The molecular formula is C11H24N2. The van der Waals surface area contributed by atoms with Crippen LogP contribution in [0.15, 0.2) is 10.2 Å². The zero-order valence-electron chi connectivity index (χ0n) is 10.2. The number of rotatable bonds is 3. The maximum Gasteiger partial charge on any atom is 0.0762 e. The van der Waals surface area contributed by atoms with Gasteiger partial charge in [-0.25, -0.2) is 0 Å². The van der Waals surface area contributed by atoms with Gasteiger partial charge in [0.1, 0.15) is 0 Å². The van der Waals surface area contributed by atoms with Gasteiger partial charge in [0.25, 0.3) is 0 Å². The quantitative estimate of drug-likeness (QED) is 0.591. The van der Waals surface area contributed by atoms with Crippen LogP contribution in [0.25, 0.3) is 0 Å². The number of azo groups is 1. The summed E-state index contributed by atoms with van der Waals surface area (Å²) >= 11 is 0. The lowest BCUT2D eigenvalue weighted by Crippen LogP contribution is -2.20. The molecule has 0 aliphatic carbocycles. The van der Waals surface area contributed by atoms with Crippen molar-refractivity contribution in [2.24, 2.45) is 16.1 Å². The van der Waals surface area contributed by atoms with Gasteiger partial charge in [0, 0.05) is 0 Å². The van der Waals surface area contributed by atoms with Gasteiger partial charge in [-0.2, -0.15) is 10.2 Å². The van der Waals surface area contributed by atoms with E-state index < -0.39 is 0 Å². The number of nitrogens with zero attached hydrogens (tertiary/aromatic N) is 2. The summed E-state index contributed by atoms with van der Waals surface area (Å²) in [6.45, 7) is 14.9. The summed E-state index contributed by atoms with van der Waals surface area (Å²) in [5, 5.41) is 8.70. The summed E-state index contributed by atoms with van der Waals surface area (Å²) in [5.74, 6) is 0.675. The minimum absolute atomic E-state index is 0.0125. The van der Waals surface area contributed by atoms with Crippen LogP contribution in [0.3, 0.4) is 0 Å². The Balaban J connectivity index is 4.24. The summed E-state index contributed by atoms with van der Waals surface area (Å²) in [6, 6.07) is 0. The summed E-state index contributed by atoms with van der Waals surface area (Å²) in [4.78, 5) is 0. The van der Waals surface area contributed by atoms with Gasteiger partial charge in [-0.15, -0.1) is 0 Å². The lowest BCUT2D eigenvalue weighted by molar-refractivity contribution is 0.366. The highest BCUT2D eigenvalue weighted by Gasteiger charge is 2.19. The van der Waals surface area contributed by atoms with E-state index in [2.05, 4.69) is 58.7 Å². The smallest absolute Gasteiger partial charge is 0.0762 e. The van der Waals surface area contributed by atoms with Crippen LogP contribution in [0.1, 0.15) is 54.9 Å². The van der Waals surface area contributed by atoms with Crippen LogP contribution in [0, 0.1) is 5.92 Å². The Kier molecular flexibility index (Phi) is 4.08. The van der Waals surface area contributed by atoms with E-state index in [0.717, 1.165) is 6.42 Å². The molecule has 0 saturated heterocycles. The Bertz CT molecular complexity index is 173. The second-order valence-electron chi connectivity index (χ2n) is 5.78. The van der Waals surface area contributed by atoms with E-state index in [1.807, 2.05) is 0 Å². The topological polar surface area (TPSA) is 24.7 Å². The van der Waals surface area contributed by atoms with Crippen LogP contribution >= 0.6 is 0 Å². The van der Waals surface area contributed by atoms with E-state index >= 15 is 0 Å². The molecule has 78 valence electrons. The summed E-state index contributed by atoms with van der Waals surface area (Å²) in [6.07, 6.45) is 1.09. The fraction of sp³-hybridized carbons (Fsp3) is 1.00. The molecule has 0 aliphatic heterocycles. The van der Waals surface area contributed by atoms with Gasteiger partial charge < -0.3 is 0 Å². The predicted molar refractivity (Wildman–Crippen MR) is 58.1 cm³/mol. The third-order valence-corrected chi connectivity index (χ3v) is 1.53. The van der Waals surface area contributed by atoms with Crippen LogP contribution in [0.4, 0.5) is 0 Å². The molecule has 13 heavy (non-hydrogen) atoms. The van der Waals surface area contributed by atoms with Gasteiger partial charge in [0.05, 0.1) is 11.1 Å². The van der Waals surface area contributed by atoms with Crippen LogP contribution in [0.5, 0.6) is 0 Å². The summed E-state index contributed by atoms with van der Waals surface area (Å²) in [5.41, 5.74) is -0.0598.